The lowest BCUT2D eigenvalue weighted by molar-refractivity contribution is -0.125. The Labute approximate surface area is 217 Å². The number of fused-ring (bicyclic) bond motifs is 2. The summed E-state index contributed by atoms with van der Waals surface area (Å²) in [5, 5.41) is 4.90. The molecule has 0 aliphatic carbocycles. The van der Waals surface area contributed by atoms with E-state index in [4.69, 9.17) is 15.2 Å². The van der Waals surface area contributed by atoms with Crippen molar-refractivity contribution in [3.05, 3.63) is 48.2 Å². The van der Waals surface area contributed by atoms with Gasteiger partial charge < -0.3 is 25.0 Å². The van der Waals surface area contributed by atoms with Gasteiger partial charge in [0.1, 0.15) is 17.6 Å². The molecule has 1 aliphatic heterocycles. The van der Waals surface area contributed by atoms with Gasteiger partial charge >= 0.3 is 0 Å². The SMILES string of the molecule is COc1cc(OC)c2sc(-c3cc([C@H]4CCN(C(=O)/C=C/CN(C)C)C4)n4ncnc(N)c34)cc2c1F. The molecular weight excluding hydrogens is 495 g/mol. The Morgan fingerprint density at radius 3 is 2.78 bits per heavy atom. The molecule has 5 rings (SSSR count). The Balaban J connectivity index is 1.55. The number of rotatable bonds is 7. The molecule has 1 aliphatic rings. The van der Waals surface area contributed by atoms with Gasteiger partial charge in [-0.25, -0.2) is 13.9 Å². The van der Waals surface area contributed by atoms with Crippen LogP contribution in [0.2, 0.25) is 0 Å². The van der Waals surface area contributed by atoms with Gasteiger partial charge in [0, 0.05) is 59.2 Å². The summed E-state index contributed by atoms with van der Waals surface area (Å²) in [4.78, 5) is 21.6. The van der Waals surface area contributed by atoms with E-state index in [0.717, 1.165) is 22.6 Å². The molecule has 1 atom stereocenters. The molecule has 11 heteroatoms. The highest BCUT2D eigenvalue weighted by molar-refractivity contribution is 7.22. The molecule has 3 aromatic heterocycles. The van der Waals surface area contributed by atoms with Crippen LogP contribution in [0.4, 0.5) is 10.2 Å². The molecule has 4 heterocycles. The number of nitrogen functional groups attached to an aromatic ring is 1. The largest absolute Gasteiger partial charge is 0.495 e. The topological polar surface area (TPSA) is 98.2 Å². The highest BCUT2D eigenvalue weighted by Crippen LogP contribution is 2.45. The number of amides is 1. The first-order valence-electron chi connectivity index (χ1n) is 11.9. The van der Waals surface area contributed by atoms with Gasteiger partial charge in [-0.15, -0.1) is 11.3 Å². The summed E-state index contributed by atoms with van der Waals surface area (Å²) in [6.45, 7) is 1.94. The molecule has 9 nitrogen and oxygen atoms in total. The number of benzene rings is 1. The zero-order valence-electron chi connectivity index (χ0n) is 21.2. The Morgan fingerprint density at radius 2 is 2.05 bits per heavy atom. The number of hydrogen-bond acceptors (Lipinski definition) is 8. The first-order chi connectivity index (χ1) is 17.8. The lowest BCUT2D eigenvalue weighted by Gasteiger charge is -2.14. The van der Waals surface area contributed by atoms with Crippen LogP contribution in [-0.2, 0) is 4.79 Å². The number of likely N-dealkylation sites (N-methyl/N-ethyl adjacent to an activating group) is 1. The second-order valence-corrected chi connectivity index (χ2v) is 10.3. The van der Waals surface area contributed by atoms with E-state index in [2.05, 4.69) is 10.1 Å². The van der Waals surface area contributed by atoms with Gasteiger partial charge in [-0.2, -0.15) is 5.10 Å². The zero-order chi connectivity index (χ0) is 26.3. The Hall–Kier alpha value is -3.70. The average molecular weight is 525 g/mol. The number of aromatic nitrogens is 3. The van der Waals surface area contributed by atoms with Gasteiger partial charge in [-0.3, -0.25) is 4.79 Å². The minimum absolute atomic E-state index is 0.000554. The van der Waals surface area contributed by atoms with Crippen LogP contribution >= 0.6 is 11.3 Å². The minimum Gasteiger partial charge on any atom is -0.495 e. The van der Waals surface area contributed by atoms with Crippen molar-refractivity contribution in [2.75, 3.05) is 53.7 Å². The first-order valence-corrected chi connectivity index (χ1v) is 12.7. The van der Waals surface area contributed by atoms with E-state index in [-0.39, 0.29) is 17.6 Å². The van der Waals surface area contributed by atoms with E-state index in [1.54, 1.807) is 29.8 Å². The van der Waals surface area contributed by atoms with Crippen molar-refractivity contribution in [2.24, 2.45) is 0 Å². The standard InChI is InChI=1S/C26H29FN6O3S/c1-31(2)8-5-6-22(34)32-9-7-15(13-32)18-10-16(24-26(28)29-14-30-33(18)24)21-11-17-23(27)19(35-3)12-20(36-4)25(17)37-21/h5-6,10-12,14-15H,7-9,13H2,1-4H3,(H2,28,29,30)/b6-5+/t15-/m0/s1. The first kappa shape index (κ1) is 25.0. The quantitative estimate of drug-likeness (QED) is 0.368. The molecule has 0 radical (unpaired) electrons. The number of likely N-dealkylation sites (tertiary alicyclic amines) is 1. The molecule has 4 aromatic rings. The summed E-state index contributed by atoms with van der Waals surface area (Å²) in [6, 6.07) is 5.37. The smallest absolute Gasteiger partial charge is 0.246 e. The number of nitrogens with zero attached hydrogens (tertiary/aromatic N) is 5. The third-order valence-electron chi connectivity index (χ3n) is 6.64. The normalized spacial score (nSPS) is 16.1. The predicted molar refractivity (Wildman–Crippen MR) is 143 cm³/mol. The summed E-state index contributed by atoms with van der Waals surface area (Å²) in [5.41, 5.74) is 8.73. The number of ether oxygens (including phenoxy) is 2. The second-order valence-electron chi connectivity index (χ2n) is 9.27. The van der Waals surface area contributed by atoms with Crippen LogP contribution < -0.4 is 15.2 Å². The van der Waals surface area contributed by atoms with Crippen molar-refractivity contribution in [1.82, 2.24) is 24.4 Å². The van der Waals surface area contributed by atoms with Crippen LogP contribution in [0.1, 0.15) is 18.0 Å². The number of carbonyl (C=O) groups excluding carboxylic acids is 1. The zero-order valence-corrected chi connectivity index (χ0v) is 22.0. The van der Waals surface area contributed by atoms with Crippen LogP contribution in [0.5, 0.6) is 11.5 Å². The van der Waals surface area contributed by atoms with E-state index in [1.807, 2.05) is 36.0 Å². The molecule has 2 N–H and O–H groups in total. The van der Waals surface area contributed by atoms with Crippen LogP contribution in [0.15, 0.2) is 36.7 Å². The summed E-state index contributed by atoms with van der Waals surface area (Å²) in [6.07, 6.45) is 5.74. The van der Waals surface area contributed by atoms with Gasteiger partial charge in [0.2, 0.25) is 5.91 Å². The van der Waals surface area contributed by atoms with E-state index in [0.29, 0.717) is 46.8 Å². The number of halogens is 1. The Bertz CT molecular complexity index is 1510. The van der Waals surface area contributed by atoms with Crippen molar-refractivity contribution in [3.63, 3.8) is 0 Å². The fraction of sp³-hybridized carbons (Fsp3) is 0.346. The van der Waals surface area contributed by atoms with Gasteiger partial charge in [0.15, 0.2) is 17.4 Å². The predicted octanol–water partition coefficient (Wildman–Crippen LogP) is 3.78. The molecule has 37 heavy (non-hydrogen) atoms. The van der Waals surface area contributed by atoms with Crippen LogP contribution in [0.3, 0.4) is 0 Å². The molecule has 0 saturated carbocycles. The van der Waals surface area contributed by atoms with Crippen molar-refractivity contribution >= 4 is 38.7 Å². The number of anilines is 1. The molecule has 194 valence electrons. The Morgan fingerprint density at radius 1 is 1.27 bits per heavy atom. The summed E-state index contributed by atoms with van der Waals surface area (Å²) in [5.74, 6) is 0.611. The van der Waals surface area contributed by atoms with E-state index >= 15 is 4.39 Å². The van der Waals surface area contributed by atoms with Crippen molar-refractivity contribution in [3.8, 4) is 21.9 Å². The lowest BCUT2D eigenvalue weighted by Crippen LogP contribution is -2.27. The van der Waals surface area contributed by atoms with Gasteiger partial charge in [-0.05, 0) is 32.6 Å². The molecule has 1 saturated heterocycles. The second kappa shape index (κ2) is 9.98. The fourth-order valence-corrected chi connectivity index (χ4v) is 5.96. The van der Waals surface area contributed by atoms with Gasteiger partial charge in [0.25, 0.3) is 0 Å². The number of carbonyl (C=O) groups is 1. The maximum absolute atomic E-state index is 15.1. The number of methoxy groups -OCH3 is 2. The maximum atomic E-state index is 15.1. The molecular formula is C26H29FN6O3S. The van der Waals surface area contributed by atoms with Gasteiger partial charge in [-0.1, -0.05) is 6.08 Å². The number of hydrogen-bond donors (Lipinski definition) is 1. The number of nitrogens with two attached hydrogens (primary N) is 1. The fourth-order valence-electron chi connectivity index (χ4n) is 4.79. The maximum Gasteiger partial charge on any atom is 0.246 e. The highest BCUT2D eigenvalue weighted by atomic mass is 32.1. The summed E-state index contributed by atoms with van der Waals surface area (Å²) >= 11 is 1.41. The van der Waals surface area contributed by atoms with E-state index < -0.39 is 5.82 Å². The average Bonchev–Trinajstić information content (AvgIpc) is 3.61. The lowest BCUT2D eigenvalue weighted by atomic mass is 10.0. The van der Waals surface area contributed by atoms with Crippen molar-refractivity contribution < 1.29 is 18.7 Å². The van der Waals surface area contributed by atoms with Crippen LogP contribution in [0, 0.1) is 5.82 Å². The third-order valence-corrected chi connectivity index (χ3v) is 7.82. The summed E-state index contributed by atoms with van der Waals surface area (Å²) < 4.78 is 28.3. The van der Waals surface area contributed by atoms with E-state index in [9.17, 15) is 4.79 Å². The van der Waals surface area contributed by atoms with Gasteiger partial charge in [0.05, 0.1) is 18.9 Å². The molecule has 1 amide bonds. The molecule has 0 unspecified atom stereocenters. The van der Waals surface area contributed by atoms with Crippen LogP contribution in [-0.4, -0.2) is 78.3 Å². The highest BCUT2D eigenvalue weighted by Gasteiger charge is 2.30. The third kappa shape index (κ3) is 4.49. The van der Waals surface area contributed by atoms with Crippen molar-refractivity contribution in [1.29, 1.82) is 0 Å². The summed E-state index contributed by atoms with van der Waals surface area (Å²) in [7, 11) is 6.89. The molecule has 0 spiro atoms. The Kier molecular flexibility index (Phi) is 6.74. The van der Waals surface area contributed by atoms with Crippen molar-refractivity contribution in [2.45, 2.75) is 12.3 Å². The molecule has 1 fully saturated rings. The van der Waals surface area contributed by atoms with E-state index in [1.165, 1.54) is 24.8 Å². The number of thiophene rings is 1. The monoisotopic (exact) mass is 524 g/mol. The minimum atomic E-state index is -0.443. The molecule has 0 bridgehead atoms. The molecule has 1 aromatic carbocycles. The van der Waals surface area contributed by atoms with Crippen LogP contribution in [0.25, 0.3) is 26.0 Å².